The van der Waals surface area contributed by atoms with Crippen molar-refractivity contribution in [2.45, 2.75) is 77.6 Å². The van der Waals surface area contributed by atoms with Gasteiger partial charge in [-0.2, -0.15) is 0 Å². The molecule has 0 heterocycles. The van der Waals surface area contributed by atoms with E-state index in [1.54, 1.807) is 0 Å². The molecule has 0 amide bonds. The molecule has 0 atom stereocenters. The fourth-order valence-corrected chi connectivity index (χ4v) is 2.59. The standard InChI is InChI=1S/C13H26/c1-2-10-13-11-8-6-4-3-5-7-9-12-13/h13H,2-12H2,1H3. The molecule has 1 aliphatic rings. The molecule has 13 heavy (non-hydrogen) atoms. The predicted octanol–water partition coefficient (Wildman–Crippen LogP) is 4.93. The van der Waals surface area contributed by atoms with Crippen molar-refractivity contribution in [3.8, 4) is 0 Å². The Labute approximate surface area is 84.1 Å². The van der Waals surface area contributed by atoms with Crippen LogP contribution in [0.3, 0.4) is 0 Å². The largest absolute Gasteiger partial charge is 0.0654 e. The monoisotopic (exact) mass is 182 g/mol. The Kier molecular flexibility index (Phi) is 6.31. The van der Waals surface area contributed by atoms with E-state index < -0.39 is 0 Å². The minimum atomic E-state index is 1.07. The second kappa shape index (κ2) is 7.41. The van der Waals surface area contributed by atoms with Gasteiger partial charge < -0.3 is 0 Å². The minimum absolute atomic E-state index is 1.07. The Hall–Kier alpha value is 0. The van der Waals surface area contributed by atoms with Crippen molar-refractivity contribution in [3.63, 3.8) is 0 Å². The van der Waals surface area contributed by atoms with Crippen LogP contribution in [-0.2, 0) is 0 Å². The molecule has 0 aromatic heterocycles. The Morgan fingerprint density at radius 1 is 0.769 bits per heavy atom. The van der Waals surface area contributed by atoms with Gasteiger partial charge in [0.05, 0.1) is 0 Å². The molecule has 0 unspecified atom stereocenters. The molecule has 0 aliphatic heterocycles. The molecule has 0 radical (unpaired) electrons. The van der Waals surface area contributed by atoms with Crippen LogP contribution < -0.4 is 0 Å². The molecule has 1 rings (SSSR count). The summed E-state index contributed by atoms with van der Waals surface area (Å²) in [6.07, 6.45) is 16.4. The molecule has 0 nitrogen and oxygen atoms in total. The highest BCUT2D eigenvalue weighted by Gasteiger charge is 2.08. The molecule has 0 heteroatoms. The van der Waals surface area contributed by atoms with Crippen LogP contribution in [0.5, 0.6) is 0 Å². The third-order valence-electron chi connectivity index (χ3n) is 3.42. The zero-order valence-electron chi connectivity index (χ0n) is 9.36. The highest BCUT2D eigenvalue weighted by atomic mass is 14.1. The van der Waals surface area contributed by atoms with Crippen LogP contribution in [0.4, 0.5) is 0 Å². The van der Waals surface area contributed by atoms with E-state index in [-0.39, 0.29) is 0 Å². The molecular formula is C13H26. The van der Waals surface area contributed by atoms with E-state index >= 15 is 0 Å². The van der Waals surface area contributed by atoms with E-state index in [0.29, 0.717) is 0 Å². The maximum atomic E-state index is 2.33. The van der Waals surface area contributed by atoms with Crippen molar-refractivity contribution in [3.05, 3.63) is 0 Å². The highest BCUT2D eigenvalue weighted by Crippen LogP contribution is 2.24. The van der Waals surface area contributed by atoms with Crippen molar-refractivity contribution in [1.29, 1.82) is 0 Å². The summed E-state index contributed by atoms with van der Waals surface area (Å²) in [4.78, 5) is 0. The van der Waals surface area contributed by atoms with Crippen molar-refractivity contribution in [2.75, 3.05) is 0 Å². The normalized spacial score (nSPS) is 22.8. The molecule has 0 bridgehead atoms. The summed E-state index contributed by atoms with van der Waals surface area (Å²) in [5.41, 5.74) is 0. The molecule has 0 aromatic carbocycles. The first-order valence-corrected chi connectivity index (χ1v) is 6.43. The molecule has 0 N–H and O–H groups in total. The summed E-state index contributed by atoms with van der Waals surface area (Å²) in [5.74, 6) is 1.07. The average molecular weight is 182 g/mol. The first kappa shape index (κ1) is 11.1. The quantitative estimate of drug-likeness (QED) is 0.568. The second-order valence-electron chi connectivity index (χ2n) is 4.71. The summed E-state index contributed by atoms with van der Waals surface area (Å²) in [5, 5.41) is 0. The van der Waals surface area contributed by atoms with E-state index in [4.69, 9.17) is 0 Å². The van der Waals surface area contributed by atoms with Crippen LogP contribution in [0.1, 0.15) is 77.6 Å². The van der Waals surface area contributed by atoms with Gasteiger partial charge in [-0.15, -0.1) is 0 Å². The van der Waals surface area contributed by atoms with Gasteiger partial charge in [-0.05, 0) is 5.92 Å². The predicted molar refractivity (Wildman–Crippen MR) is 60.0 cm³/mol. The molecule has 0 aromatic rings. The molecule has 1 fully saturated rings. The lowest BCUT2D eigenvalue weighted by atomic mass is 9.89. The minimum Gasteiger partial charge on any atom is -0.0654 e. The summed E-state index contributed by atoms with van der Waals surface area (Å²) < 4.78 is 0. The third-order valence-corrected chi connectivity index (χ3v) is 3.42. The average Bonchev–Trinajstić information content (AvgIpc) is 2.16. The van der Waals surface area contributed by atoms with Gasteiger partial charge >= 0.3 is 0 Å². The van der Waals surface area contributed by atoms with Crippen LogP contribution in [0, 0.1) is 5.92 Å². The fraction of sp³-hybridized carbons (Fsp3) is 1.00. The Morgan fingerprint density at radius 3 is 1.69 bits per heavy atom. The first-order valence-electron chi connectivity index (χ1n) is 6.43. The van der Waals surface area contributed by atoms with E-state index in [2.05, 4.69) is 6.92 Å². The van der Waals surface area contributed by atoms with Crippen LogP contribution in [0.25, 0.3) is 0 Å². The van der Waals surface area contributed by atoms with E-state index in [1.807, 2.05) is 0 Å². The van der Waals surface area contributed by atoms with Crippen LogP contribution in [0.15, 0.2) is 0 Å². The SMILES string of the molecule is CCCC1CCCCCCCCC1. The maximum absolute atomic E-state index is 2.33. The van der Waals surface area contributed by atoms with Gasteiger partial charge in [0.25, 0.3) is 0 Å². The van der Waals surface area contributed by atoms with Crippen LogP contribution in [-0.4, -0.2) is 0 Å². The van der Waals surface area contributed by atoms with Crippen molar-refractivity contribution in [1.82, 2.24) is 0 Å². The lowest BCUT2D eigenvalue weighted by Crippen LogP contribution is -2.01. The first-order chi connectivity index (χ1) is 6.43. The van der Waals surface area contributed by atoms with Crippen molar-refractivity contribution in [2.24, 2.45) is 5.92 Å². The Balaban J connectivity index is 2.18. The zero-order chi connectivity index (χ0) is 9.36. The van der Waals surface area contributed by atoms with E-state index in [1.165, 1.54) is 70.6 Å². The maximum Gasteiger partial charge on any atom is -0.0414 e. The number of hydrogen-bond donors (Lipinski definition) is 0. The molecule has 1 saturated carbocycles. The van der Waals surface area contributed by atoms with Crippen molar-refractivity contribution < 1.29 is 0 Å². The number of hydrogen-bond acceptors (Lipinski definition) is 0. The molecular weight excluding hydrogens is 156 g/mol. The molecule has 78 valence electrons. The van der Waals surface area contributed by atoms with Gasteiger partial charge in [-0.3, -0.25) is 0 Å². The highest BCUT2D eigenvalue weighted by molar-refractivity contribution is 4.62. The third kappa shape index (κ3) is 5.33. The smallest absolute Gasteiger partial charge is 0.0414 e. The molecule has 0 spiro atoms. The van der Waals surface area contributed by atoms with Gasteiger partial charge in [-0.1, -0.05) is 77.6 Å². The summed E-state index contributed by atoms with van der Waals surface area (Å²) in [6, 6.07) is 0. The van der Waals surface area contributed by atoms with Gasteiger partial charge in [-0.25, -0.2) is 0 Å². The lowest BCUT2D eigenvalue weighted by Gasteiger charge is -2.17. The molecule has 1 aliphatic carbocycles. The van der Waals surface area contributed by atoms with Gasteiger partial charge in [0.2, 0.25) is 0 Å². The Bertz CT molecular complexity index is 96.6. The second-order valence-corrected chi connectivity index (χ2v) is 4.71. The summed E-state index contributed by atoms with van der Waals surface area (Å²) in [6.45, 7) is 2.33. The van der Waals surface area contributed by atoms with Gasteiger partial charge in [0.15, 0.2) is 0 Å². The van der Waals surface area contributed by atoms with E-state index in [0.717, 1.165) is 5.92 Å². The van der Waals surface area contributed by atoms with Gasteiger partial charge in [0.1, 0.15) is 0 Å². The van der Waals surface area contributed by atoms with Crippen molar-refractivity contribution >= 4 is 0 Å². The lowest BCUT2D eigenvalue weighted by molar-refractivity contribution is 0.366. The van der Waals surface area contributed by atoms with Gasteiger partial charge in [0, 0.05) is 0 Å². The van der Waals surface area contributed by atoms with Crippen LogP contribution in [0.2, 0.25) is 0 Å². The number of rotatable bonds is 2. The summed E-state index contributed by atoms with van der Waals surface area (Å²) >= 11 is 0. The van der Waals surface area contributed by atoms with E-state index in [9.17, 15) is 0 Å². The topological polar surface area (TPSA) is 0 Å². The summed E-state index contributed by atoms with van der Waals surface area (Å²) in [7, 11) is 0. The zero-order valence-corrected chi connectivity index (χ0v) is 9.36. The fourth-order valence-electron chi connectivity index (χ4n) is 2.59. The Morgan fingerprint density at radius 2 is 1.23 bits per heavy atom. The molecule has 0 saturated heterocycles. The van der Waals surface area contributed by atoms with Crippen LogP contribution >= 0.6 is 0 Å².